The predicted molar refractivity (Wildman–Crippen MR) is 121 cm³/mol. The number of esters is 1. The highest BCUT2D eigenvalue weighted by atomic mass is 35.5. The van der Waals surface area contributed by atoms with Gasteiger partial charge in [0.05, 0.1) is 13.2 Å². The summed E-state index contributed by atoms with van der Waals surface area (Å²) in [6.07, 6.45) is 15.2. The third-order valence-corrected chi connectivity index (χ3v) is 8.93. The van der Waals surface area contributed by atoms with Gasteiger partial charge in [-0.05, 0) is 87.2 Å². The van der Waals surface area contributed by atoms with Gasteiger partial charge in [-0.3, -0.25) is 0 Å². The van der Waals surface area contributed by atoms with Crippen LogP contribution in [0.2, 0.25) is 0 Å². The predicted octanol–water partition coefficient (Wildman–Crippen LogP) is 6.38. The maximum absolute atomic E-state index is 11.6. The molecule has 2 saturated carbocycles. The SMILES string of the molecule is CCC1(C(O)CC=C[C@@H]2[C@@H](CCCc3ccc(C(=O)OC)s3)CC[C@@H]2Cl)CCC1. The van der Waals surface area contributed by atoms with E-state index >= 15 is 0 Å². The van der Waals surface area contributed by atoms with Crippen LogP contribution < -0.4 is 0 Å². The van der Waals surface area contributed by atoms with E-state index in [0.717, 1.165) is 38.5 Å². The largest absolute Gasteiger partial charge is 0.465 e. The Balaban J connectivity index is 1.46. The minimum Gasteiger partial charge on any atom is -0.465 e. The Labute approximate surface area is 184 Å². The van der Waals surface area contributed by atoms with Crippen molar-refractivity contribution in [3.8, 4) is 0 Å². The number of alkyl halides is 1. The summed E-state index contributed by atoms with van der Waals surface area (Å²) in [6.45, 7) is 2.20. The van der Waals surface area contributed by atoms with E-state index < -0.39 is 0 Å². The summed E-state index contributed by atoms with van der Waals surface area (Å²) in [5, 5.41) is 10.8. The Hall–Kier alpha value is -0.840. The molecule has 1 heterocycles. The third-order valence-electron chi connectivity index (χ3n) is 7.30. The second kappa shape index (κ2) is 10.5. The van der Waals surface area contributed by atoms with Crippen LogP contribution in [0.4, 0.5) is 0 Å². The van der Waals surface area contributed by atoms with Crippen molar-refractivity contribution in [3.05, 3.63) is 34.0 Å². The molecule has 1 aromatic rings. The number of carbonyl (C=O) groups excluding carboxylic acids is 1. The summed E-state index contributed by atoms with van der Waals surface area (Å²) in [5.41, 5.74) is 0.170. The van der Waals surface area contributed by atoms with E-state index in [0.29, 0.717) is 16.7 Å². The zero-order valence-electron chi connectivity index (χ0n) is 17.7. The molecule has 4 atom stereocenters. The van der Waals surface area contributed by atoms with Crippen molar-refractivity contribution in [3.63, 3.8) is 0 Å². The molecule has 2 aliphatic carbocycles. The van der Waals surface area contributed by atoms with Crippen LogP contribution in [0.3, 0.4) is 0 Å². The summed E-state index contributed by atoms with van der Waals surface area (Å²) < 4.78 is 4.79. The van der Waals surface area contributed by atoms with E-state index in [1.54, 1.807) is 0 Å². The number of halogens is 1. The van der Waals surface area contributed by atoms with Gasteiger partial charge < -0.3 is 9.84 Å². The number of aryl methyl sites for hydroxylation is 1. The molecule has 29 heavy (non-hydrogen) atoms. The molecule has 1 unspecified atom stereocenters. The van der Waals surface area contributed by atoms with E-state index in [4.69, 9.17) is 16.3 Å². The van der Waals surface area contributed by atoms with Crippen molar-refractivity contribution < 1.29 is 14.6 Å². The molecule has 3 rings (SSSR count). The van der Waals surface area contributed by atoms with E-state index in [2.05, 4.69) is 19.1 Å². The minimum absolute atomic E-state index is 0.170. The first-order valence-electron chi connectivity index (χ1n) is 11.1. The molecule has 1 aromatic heterocycles. The maximum Gasteiger partial charge on any atom is 0.348 e. The molecule has 0 aliphatic heterocycles. The smallest absolute Gasteiger partial charge is 0.348 e. The van der Waals surface area contributed by atoms with Gasteiger partial charge in [-0.2, -0.15) is 0 Å². The van der Waals surface area contributed by atoms with Crippen LogP contribution >= 0.6 is 22.9 Å². The first-order chi connectivity index (χ1) is 14.0. The molecule has 2 aliphatic rings. The average molecular weight is 439 g/mol. The fourth-order valence-electron chi connectivity index (χ4n) is 5.10. The molecule has 0 bridgehead atoms. The van der Waals surface area contributed by atoms with Crippen LogP contribution in [-0.4, -0.2) is 29.7 Å². The van der Waals surface area contributed by atoms with Crippen LogP contribution in [0.25, 0.3) is 0 Å². The lowest BCUT2D eigenvalue weighted by atomic mass is 9.63. The number of aliphatic hydroxyl groups is 1. The van der Waals surface area contributed by atoms with Gasteiger partial charge in [0.25, 0.3) is 0 Å². The lowest BCUT2D eigenvalue weighted by Gasteiger charge is -2.45. The molecule has 0 aromatic carbocycles. The van der Waals surface area contributed by atoms with Gasteiger partial charge in [0.2, 0.25) is 0 Å². The number of aliphatic hydroxyl groups excluding tert-OH is 1. The normalized spacial score (nSPS) is 27.1. The molecule has 0 saturated heterocycles. The van der Waals surface area contributed by atoms with Crippen LogP contribution in [0.5, 0.6) is 0 Å². The molecule has 3 nitrogen and oxygen atoms in total. The zero-order valence-corrected chi connectivity index (χ0v) is 19.3. The average Bonchev–Trinajstić information content (AvgIpc) is 3.29. The van der Waals surface area contributed by atoms with Crippen molar-refractivity contribution >= 4 is 28.9 Å². The first-order valence-corrected chi connectivity index (χ1v) is 12.4. The Morgan fingerprint density at radius 1 is 1.41 bits per heavy atom. The molecule has 162 valence electrons. The Kier molecular flexibility index (Phi) is 8.23. The zero-order chi connectivity index (χ0) is 20.9. The highest BCUT2D eigenvalue weighted by Gasteiger charge is 2.41. The van der Waals surface area contributed by atoms with Gasteiger partial charge in [-0.1, -0.05) is 25.5 Å². The van der Waals surface area contributed by atoms with E-state index in [1.165, 1.54) is 49.0 Å². The number of ether oxygens (including phenoxy) is 1. The number of carbonyl (C=O) groups is 1. The van der Waals surface area contributed by atoms with E-state index in [-0.39, 0.29) is 22.9 Å². The van der Waals surface area contributed by atoms with Crippen LogP contribution in [0.15, 0.2) is 24.3 Å². The Bertz CT molecular complexity index is 689. The lowest BCUT2D eigenvalue weighted by Crippen LogP contribution is -2.40. The fourth-order valence-corrected chi connectivity index (χ4v) is 6.48. The maximum atomic E-state index is 11.6. The monoisotopic (exact) mass is 438 g/mol. The van der Waals surface area contributed by atoms with Crippen molar-refractivity contribution in [2.45, 2.75) is 82.6 Å². The molecule has 0 amide bonds. The first kappa shape index (κ1) is 22.8. The van der Waals surface area contributed by atoms with Crippen molar-refractivity contribution in [2.75, 3.05) is 7.11 Å². The molecule has 5 heteroatoms. The third kappa shape index (κ3) is 5.45. The summed E-state index contributed by atoms with van der Waals surface area (Å²) in [6, 6.07) is 3.90. The van der Waals surface area contributed by atoms with Crippen LogP contribution in [-0.2, 0) is 11.2 Å². The molecular weight excluding hydrogens is 404 g/mol. The second-order valence-electron chi connectivity index (χ2n) is 8.83. The highest BCUT2D eigenvalue weighted by molar-refractivity contribution is 7.13. The highest BCUT2D eigenvalue weighted by Crippen LogP contribution is 2.48. The quantitative estimate of drug-likeness (QED) is 0.262. The van der Waals surface area contributed by atoms with Crippen molar-refractivity contribution in [1.29, 1.82) is 0 Å². The number of allylic oxidation sites excluding steroid dienone is 1. The summed E-state index contributed by atoms with van der Waals surface area (Å²) in [4.78, 5) is 13.5. The van der Waals surface area contributed by atoms with Gasteiger partial charge in [0, 0.05) is 10.3 Å². The fraction of sp³-hybridized carbons (Fsp3) is 0.708. The van der Waals surface area contributed by atoms with Gasteiger partial charge in [-0.25, -0.2) is 4.79 Å². The summed E-state index contributed by atoms with van der Waals surface area (Å²) in [5.74, 6) is 0.785. The number of hydrogen-bond donors (Lipinski definition) is 1. The molecular formula is C24H35ClO3S. The van der Waals surface area contributed by atoms with Crippen molar-refractivity contribution in [1.82, 2.24) is 0 Å². The molecule has 1 N–H and O–H groups in total. The van der Waals surface area contributed by atoms with Gasteiger partial charge in [0.15, 0.2) is 0 Å². The lowest BCUT2D eigenvalue weighted by molar-refractivity contribution is -0.0355. The Morgan fingerprint density at radius 2 is 2.21 bits per heavy atom. The number of methoxy groups -OCH3 is 1. The number of hydrogen-bond acceptors (Lipinski definition) is 4. The van der Waals surface area contributed by atoms with E-state index in [1.807, 2.05) is 12.1 Å². The summed E-state index contributed by atoms with van der Waals surface area (Å²) in [7, 11) is 1.42. The van der Waals surface area contributed by atoms with Gasteiger partial charge >= 0.3 is 5.97 Å². The minimum atomic E-state index is -0.249. The van der Waals surface area contributed by atoms with Crippen LogP contribution in [0.1, 0.15) is 79.3 Å². The number of thiophene rings is 1. The topological polar surface area (TPSA) is 46.5 Å². The van der Waals surface area contributed by atoms with Gasteiger partial charge in [0.1, 0.15) is 4.88 Å². The molecule has 0 spiro atoms. The molecule has 2 fully saturated rings. The molecule has 0 radical (unpaired) electrons. The standard InChI is InChI=1S/C24H35ClO3S/c1-3-24(15-6-16-24)22(26)10-5-9-19-17(11-13-20(19)25)7-4-8-18-12-14-21(29-18)23(27)28-2/h5,9,12,14,17,19-20,22,26H,3-4,6-8,10-11,13,15-16H2,1-2H3/t17-,19+,20-,22?/m0/s1. The van der Waals surface area contributed by atoms with Crippen LogP contribution in [0, 0.1) is 17.3 Å². The number of rotatable bonds is 10. The summed E-state index contributed by atoms with van der Waals surface area (Å²) >= 11 is 8.17. The Morgan fingerprint density at radius 3 is 2.86 bits per heavy atom. The van der Waals surface area contributed by atoms with Gasteiger partial charge in [-0.15, -0.1) is 22.9 Å². The van der Waals surface area contributed by atoms with Crippen molar-refractivity contribution in [2.24, 2.45) is 17.3 Å². The second-order valence-corrected chi connectivity index (χ2v) is 10.6. The van der Waals surface area contributed by atoms with E-state index in [9.17, 15) is 9.90 Å².